The highest BCUT2D eigenvalue weighted by atomic mass is 79.9. The summed E-state index contributed by atoms with van der Waals surface area (Å²) in [5.41, 5.74) is 8.10. The van der Waals surface area contributed by atoms with E-state index in [1.807, 2.05) is 12.1 Å². The fraction of sp³-hybridized carbons (Fsp3) is 0.625. The van der Waals surface area contributed by atoms with E-state index >= 15 is 0 Å². The van der Waals surface area contributed by atoms with Gasteiger partial charge in [-0.1, -0.05) is 25.0 Å². The van der Waals surface area contributed by atoms with Crippen molar-refractivity contribution < 1.29 is 0 Å². The van der Waals surface area contributed by atoms with Crippen LogP contribution in [0.25, 0.3) is 0 Å². The molecule has 0 atom stereocenters. The van der Waals surface area contributed by atoms with Gasteiger partial charge in [0.05, 0.1) is 0 Å². The molecule has 0 spiro atoms. The van der Waals surface area contributed by atoms with Crippen LogP contribution in [0.1, 0.15) is 31.2 Å². The number of rotatable bonds is 3. The van der Waals surface area contributed by atoms with E-state index in [0.29, 0.717) is 0 Å². The Bertz CT molecular complexity index is 449. The lowest BCUT2D eigenvalue weighted by atomic mass is 10.1. The first kappa shape index (κ1) is 14.4. The fourth-order valence-electron chi connectivity index (χ4n) is 3.52. The highest BCUT2D eigenvalue weighted by Gasteiger charge is 2.26. The highest BCUT2D eigenvalue weighted by molar-refractivity contribution is 9.10. The Morgan fingerprint density at radius 1 is 1.10 bits per heavy atom. The van der Waals surface area contributed by atoms with Crippen LogP contribution in [0, 0.1) is 0 Å². The number of benzene rings is 1. The van der Waals surface area contributed by atoms with E-state index < -0.39 is 0 Å². The molecule has 4 heteroatoms. The van der Waals surface area contributed by atoms with Crippen molar-refractivity contribution in [1.29, 1.82) is 0 Å². The van der Waals surface area contributed by atoms with Crippen molar-refractivity contribution in [2.75, 3.05) is 31.9 Å². The zero-order chi connectivity index (χ0) is 13.9. The van der Waals surface area contributed by atoms with Crippen LogP contribution in [0.5, 0.6) is 0 Å². The van der Waals surface area contributed by atoms with Gasteiger partial charge in [0.15, 0.2) is 0 Å². The van der Waals surface area contributed by atoms with Gasteiger partial charge in [0, 0.05) is 48.9 Å². The van der Waals surface area contributed by atoms with Gasteiger partial charge in [-0.15, -0.1) is 0 Å². The van der Waals surface area contributed by atoms with Crippen molar-refractivity contribution in [2.45, 2.75) is 38.3 Å². The van der Waals surface area contributed by atoms with Crippen LogP contribution in [0.2, 0.25) is 0 Å². The van der Waals surface area contributed by atoms with E-state index in [9.17, 15) is 0 Å². The molecule has 1 aromatic rings. The number of anilines is 1. The maximum absolute atomic E-state index is 5.96. The van der Waals surface area contributed by atoms with Crippen molar-refractivity contribution >= 4 is 21.6 Å². The summed E-state index contributed by atoms with van der Waals surface area (Å²) in [4.78, 5) is 5.25. The van der Waals surface area contributed by atoms with E-state index in [-0.39, 0.29) is 0 Å². The molecule has 0 amide bonds. The quantitative estimate of drug-likeness (QED) is 0.860. The zero-order valence-corrected chi connectivity index (χ0v) is 13.6. The topological polar surface area (TPSA) is 32.5 Å². The van der Waals surface area contributed by atoms with Crippen molar-refractivity contribution in [3.63, 3.8) is 0 Å². The lowest BCUT2D eigenvalue weighted by molar-refractivity contribution is 0.0936. The van der Waals surface area contributed by atoms with Gasteiger partial charge in [0.25, 0.3) is 0 Å². The van der Waals surface area contributed by atoms with Crippen LogP contribution in [-0.2, 0) is 6.54 Å². The fourth-order valence-corrected chi connectivity index (χ4v) is 3.91. The molecule has 0 aromatic heterocycles. The molecule has 1 saturated heterocycles. The van der Waals surface area contributed by atoms with Crippen LogP contribution in [-0.4, -0.2) is 42.0 Å². The molecule has 0 bridgehead atoms. The maximum atomic E-state index is 5.96. The molecule has 2 aliphatic rings. The molecule has 0 unspecified atom stereocenters. The number of nitrogen functional groups attached to an aromatic ring is 1. The van der Waals surface area contributed by atoms with Gasteiger partial charge in [-0.3, -0.25) is 9.80 Å². The number of hydrogen-bond acceptors (Lipinski definition) is 3. The predicted octanol–water partition coefficient (Wildman–Crippen LogP) is 3.09. The summed E-state index contributed by atoms with van der Waals surface area (Å²) in [5.74, 6) is 0. The molecule has 20 heavy (non-hydrogen) atoms. The third kappa shape index (κ3) is 3.18. The molecule has 2 N–H and O–H groups in total. The first-order valence-corrected chi connectivity index (χ1v) is 8.52. The smallest absolute Gasteiger partial charge is 0.0461 e. The second kappa shape index (κ2) is 6.46. The minimum atomic E-state index is 0.840. The number of piperazine rings is 1. The van der Waals surface area contributed by atoms with Gasteiger partial charge in [0.1, 0.15) is 0 Å². The standard InChI is InChI=1S/C16H24BrN3/c17-16-13(4-3-7-15(16)18)12-19-8-10-20(11-9-19)14-5-1-2-6-14/h3-4,7,14H,1-2,5-6,8-12,18H2. The SMILES string of the molecule is Nc1cccc(CN2CCN(C3CCCC3)CC2)c1Br. The van der Waals surface area contributed by atoms with E-state index in [4.69, 9.17) is 5.73 Å². The highest BCUT2D eigenvalue weighted by Crippen LogP contribution is 2.27. The van der Waals surface area contributed by atoms with Gasteiger partial charge in [-0.25, -0.2) is 0 Å². The Morgan fingerprint density at radius 2 is 1.80 bits per heavy atom. The molecule has 1 heterocycles. The van der Waals surface area contributed by atoms with Crippen LogP contribution in [0.3, 0.4) is 0 Å². The average Bonchev–Trinajstić information content (AvgIpc) is 2.99. The average molecular weight is 338 g/mol. The van der Waals surface area contributed by atoms with E-state index in [2.05, 4.69) is 31.8 Å². The van der Waals surface area contributed by atoms with Crippen molar-refractivity contribution in [3.8, 4) is 0 Å². The molecule has 1 aliphatic carbocycles. The van der Waals surface area contributed by atoms with E-state index in [0.717, 1.165) is 22.7 Å². The summed E-state index contributed by atoms with van der Waals surface area (Å²) in [5, 5.41) is 0. The molecule has 1 aliphatic heterocycles. The minimum absolute atomic E-state index is 0.840. The third-order valence-corrected chi connectivity index (χ3v) is 5.72. The summed E-state index contributed by atoms with van der Waals surface area (Å²) in [6.07, 6.45) is 5.70. The Labute approximate surface area is 130 Å². The summed E-state index contributed by atoms with van der Waals surface area (Å²) in [6, 6.07) is 7.04. The molecule has 1 saturated carbocycles. The van der Waals surface area contributed by atoms with Gasteiger partial charge < -0.3 is 5.73 Å². The van der Waals surface area contributed by atoms with Crippen LogP contribution >= 0.6 is 15.9 Å². The maximum Gasteiger partial charge on any atom is 0.0461 e. The molecular weight excluding hydrogens is 314 g/mol. The van der Waals surface area contributed by atoms with Gasteiger partial charge in [-0.2, -0.15) is 0 Å². The van der Waals surface area contributed by atoms with Gasteiger partial charge >= 0.3 is 0 Å². The predicted molar refractivity (Wildman–Crippen MR) is 87.7 cm³/mol. The summed E-state index contributed by atoms with van der Waals surface area (Å²) < 4.78 is 1.07. The molecular formula is C16H24BrN3. The monoisotopic (exact) mass is 337 g/mol. The van der Waals surface area contributed by atoms with Crippen molar-refractivity contribution in [3.05, 3.63) is 28.2 Å². The Hall–Kier alpha value is -0.580. The van der Waals surface area contributed by atoms with Gasteiger partial charge in [-0.05, 0) is 40.4 Å². The normalized spacial score (nSPS) is 22.4. The number of halogens is 1. The summed E-state index contributed by atoms with van der Waals surface area (Å²) in [6.45, 7) is 5.81. The van der Waals surface area contributed by atoms with Crippen LogP contribution in [0.4, 0.5) is 5.69 Å². The van der Waals surface area contributed by atoms with E-state index in [1.165, 1.54) is 57.4 Å². The number of nitrogens with zero attached hydrogens (tertiary/aromatic N) is 2. The minimum Gasteiger partial charge on any atom is -0.398 e. The molecule has 3 rings (SSSR count). The van der Waals surface area contributed by atoms with Crippen molar-refractivity contribution in [2.24, 2.45) is 0 Å². The van der Waals surface area contributed by atoms with E-state index in [1.54, 1.807) is 0 Å². The Kier molecular flexibility index (Phi) is 4.64. The lowest BCUT2D eigenvalue weighted by Gasteiger charge is -2.38. The number of hydrogen-bond donors (Lipinski definition) is 1. The first-order valence-electron chi connectivity index (χ1n) is 7.73. The zero-order valence-electron chi connectivity index (χ0n) is 12.0. The largest absolute Gasteiger partial charge is 0.398 e. The van der Waals surface area contributed by atoms with Crippen LogP contribution < -0.4 is 5.73 Å². The first-order chi connectivity index (χ1) is 9.74. The Balaban J connectivity index is 1.54. The molecule has 2 fully saturated rings. The van der Waals surface area contributed by atoms with Crippen molar-refractivity contribution in [1.82, 2.24) is 9.80 Å². The second-order valence-electron chi connectivity index (χ2n) is 6.07. The summed E-state index contributed by atoms with van der Waals surface area (Å²) in [7, 11) is 0. The Morgan fingerprint density at radius 3 is 2.50 bits per heavy atom. The molecule has 1 aromatic carbocycles. The van der Waals surface area contributed by atoms with Gasteiger partial charge in [0.2, 0.25) is 0 Å². The summed E-state index contributed by atoms with van der Waals surface area (Å²) >= 11 is 3.61. The molecule has 0 radical (unpaired) electrons. The molecule has 110 valence electrons. The third-order valence-electron chi connectivity index (χ3n) is 4.75. The second-order valence-corrected chi connectivity index (χ2v) is 6.86. The lowest BCUT2D eigenvalue weighted by Crippen LogP contribution is -2.49. The number of nitrogens with two attached hydrogens (primary N) is 1. The van der Waals surface area contributed by atoms with Crippen LogP contribution in [0.15, 0.2) is 22.7 Å². The molecule has 3 nitrogen and oxygen atoms in total.